The number of carbonyl (C=O) groups excluding carboxylic acids is 1. The smallest absolute Gasteiger partial charge is 0.233 e. The molecule has 6 nitrogen and oxygen atoms in total. The Morgan fingerprint density at radius 1 is 1.41 bits per heavy atom. The number of fused-ring (bicyclic) bond motifs is 1. The number of hydrogen-bond acceptors (Lipinski definition) is 6. The monoisotopic (exact) mass is 333 g/mol. The second-order valence-corrected chi connectivity index (χ2v) is 6.90. The molecule has 0 bridgehead atoms. The average Bonchev–Trinajstić information content (AvgIpc) is 3.10. The highest BCUT2D eigenvalue weighted by Gasteiger charge is 2.14. The van der Waals surface area contributed by atoms with Gasteiger partial charge in [0.05, 0.1) is 22.5 Å². The first-order valence-corrected chi connectivity index (χ1v) is 8.49. The van der Waals surface area contributed by atoms with Crippen molar-refractivity contribution in [3.8, 4) is 0 Å². The standard InChI is InChI=1S/C14H15N5OS2/c1-18(13(20)8-21-14-17-15-9-19(14)2)7-12-16-10-5-3-4-6-11(10)22-12/h3-6,9H,7-8H2,1-2H3. The molecule has 2 heterocycles. The highest BCUT2D eigenvalue weighted by molar-refractivity contribution is 7.99. The predicted molar refractivity (Wildman–Crippen MR) is 87.8 cm³/mol. The molecule has 0 aliphatic carbocycles. The van der Waals surface area contributed by atoms with E-state index in [1.165, 1.54) is 11.8 Å². The summed E-state index contributed by atoms with van der Waals surface area (Å²) < 4.78 is 2.94. The molecule has 1 aromatic carbocycles. The average molecular weight is 333 g/mol. The second kappa shape index (κ2) is 6.45. The van der Waals surface area contributed by atoms with E-state index in [2.05, 4.69) is 15.2 Å². The number of amides is 1. The number of aryl methyl sites for hydroxylation is 1. The Morgan fingerprint density at radius 3 is 2.95 bits per heavy atom. The van der Waals surface area contributed by atoms with Crippen molar-refractivity contribution in [2.45, 2.75) is 11.7 Å². The first-order chi connectivity index (χ1) is 10.6. The van der Waals surface area contributed by atoms with Gasteiger partial charge in [-0.2, -0.15) is 0 Å². The second-order valence-electron chi connectivity index (χ2n) is 4.84. The minimum absolute atomic E-state index is 0.0484. The van der Waals surface area contributed by atoms with Crippen LogP contribution in [0, 0.1) is 0 Å². The van der Waals surface area contributed by atoms with Gasteiger partial charge in [0.1, 0.15) is 11.3 Å². The SMILES string of the molecule is CN(Cc1nc2ccccc2s1)C(=O)CSc1nncn1C. The van der Waals surface area contributed by atoms with E-state index in [0.717, 1.165) is 20.4 Å². The van der Waals surface area contributed by atoms with Crippen LogP contribution in [0.3, 0.4) is 0 Å². The van der Waals surface area contributed by atoms with E-state index in [9.17, 15) is 4.79 Å². The van der Waals surface area contributed by atoms with Crippen LogP contribution in [0.15, 0.2) is 35.7 Å². The fraction of sp³-hybridized carbons (Fsp3) is 0.286. The van der Waals surface area contributed by atoms with Gasteiger partial charge in [-0.05, 0) is 12.1 Å². The van der Waals surface area contributed by atoms with Crippen LogP contribution in [0.5, 0.6) is 0 Å². The number of para-hydroxylation sites is 1. The van der Waals surface area contributed by atoms with E-state index >= 15 is 0 Å². The zero-order valence-electron chi connectivity index (χ0n) is 12.3. The minimum atomic E-state index is 0.0484. The Balaban J connectivity index is 1.59. The molecule has 22 heavy (non-hydrogen) atoms. The van der Waals surface area contributed by atoms with E-state index in [1.54, 1.807) is 34.2 Å². The number of hydrogen-bond donors (Lipinski definition) is 0. The Labute approximate surface area is 136 Å². The molecule has 8 heteroatoms. The summed E-state index contributed by atoms with van der Waals surface area (Å²) in [5.41, 5.74) is 0.983. The number of aromatic nitrogens is 4. The lowest BCUT2D eigenvalue weighted by Gasteiger charge is -2.14. The van der Waals surface area contributed by atoms with Gasteiger partial charge in [0, 0.05) is 14.1 Å². The van der Waals surface area contributed by atoms with Crippen LogP contribution in [0.4, 0.5) is 0 Å². The van der Waals surface area contributed by atoms with Crippen LogP contribution < -0.4 is 0 Å². The molecule has 0 aliphatic rings. The third kappa shape index (κ3) is 3.28. The van der Waals surface area contributed by atoms with Crippen molar-refractivity contribution < 1.29 is 4.79 Å². The lowest BCUT2D eigenvalue weighted by atomic mass is 10.3. The van der Waals surface area contributed by atoms with Crippen molar-refractivity contribution in [2.24, 2.45) is 7.05 Å². The summed E-state index contributed by atoms with van der Waals surface area (Å²) in [6.07, 6.45) is 1.62. The maximum atomic E-state index is 12.2. The van der Waals surface area contributed by atoms with Crippen LogP contribution in [0.25, 0.3) is 10.2 Å². The Morgan fingerprint density at radius 2 is 2.23 bits per heavy atom. The zero-order valence-corrected chi connectivity index (χ0v) is 13.9. The maximum absolute atomic E-state index is 12.2. The van der Waals surface area contributed by atoms with Gasteiger partial charge in [0.2, 0.25) is 5.91 Å². The summed E-state index contributed by atoms with van der Waals surface area (Å²) in [6, 6.07) is 8.00. The third-order valence-corrected chi connectivity index (χ3v) is 5.17. The Kier molecular flexibility index (Phi) is 4.39. The molecule has 0 unspecified atom stereocenters. The van der Waals surface area contributed by atoms with E-state index in [4.69, 9.17) is 0 Å². The molecule has 0 aliphatic heterocycles. The summed E-state index contributed by atoms with van der Waals surface area (Å²) in [7, 11) is 3.66. The first kappa shape index (κ1) is 15.0. The van der Waals surface area contributed by atoms with Crippen LogP contribution in [-0.2, 0) is 18.4 Å². The Bertz CT molecular complexity index is 764. The first-order valence-electron chi connectivity index (χ1n) is 6.68. The molecule has 0 atom stereocenters. The molecule has 0 saturated carbocycles. The van der Waals surface area contributed by atoms with Gasteiger partial charge in [-0.15, -0.1) is 21.5 Å². The zero-order chi connectivity index (χ0) is 15.5. The van der Waals surface area contributed by atoms with Gasteiger partial charge in [-0.1, -0.05) is 23.9 Å². The van der Waals surface area contributed by atoms with Gasteiger partial charge >= 0.3 is 0 Å². The molecule has 2 aromatic heterocycles. The van der Waals surface area contributed by atoms with E-state index in [0.29, 0.717) is 12.3 Å². The molecule has 0 N–H and O–H groups in total. The lowest BCUT2D eigenvalue weighted by molar-refractivity contribution is -0.127. The molecule has 0 spiro atoms. The molecular weight excluding hydrogens is 318 g/mol. The van der Waals surface area contributed by atoms with Crippen molar-refractivity contribution in [3.63, 3.8) is 0 Å². The fourth-order valence-electron chi connectivity index (χ4n) is 1.92. The molecular formula is C14H15N5OS2. The highest BCUT2D eigenvalue weighted by Crippen LogP contribution is 2.22. The summed E-state index contributed by atoms with van der Waals surface area (Å²) in [6.45, 7) is 0.525. The van der Waals surface area contributed by atoms with Gasteiger partial charge in [0.15, 0.2) is 5.16 Å². The summed E-state index contributed by atoms with van der Waals surface area (Å²) >= 11 is 3.01. The van der Waals surface area contributed by atoms with Gasteiger partial charge in [0.25, 0.3) is 0 Å². The predicted octanol–water partition coefficient (Wildman–Crippen LogP) is 2.18. The number of benzene rings is 1. The minimum Gasteiger partial charge on any atom is -0.338 e. The number of rotatable bonds is 5. The fourth-order valence-corrected chi connectivity index (χ4v) is 3.77. The summed E-state index contributed by atoms with van der Waals surface area (Å²) in [5.74, 6) is 0.390. The lowest BCUT2D eigenvalue weighted by Crippen LogP contribution is -2.27. The largest absolute Gasteiger partial charge is 0.338 e. The number of thiazole rings is 1. The van der Waals surface area contributed by atoms with Crippen molar-refractivity contribution in [3.05, 3.63) is 35.6 Å². The van der Waals surface area contributed by atoms with E-state index < -0.39 is 0 Å². The molecule has 3 rings (SSSR count). The normalized spacial score (nSPS) is 11.0. The third-order valence-electron chi connectivity index (χ3n) is 3.13. The van der Waals surface area contributed by atoms with Crippen molar-refractivity contribution in [2.75, 3.05) is 12.8 Å². The van der Waals surface area contributed by atoms with Crippen molar-refractivity contribution in [1.29, 1.82) is 0 Å². The number of nitrogens with zero attached hydrogens (tertiary/aromatic N) is 5. The number of carbonyl (C=O) groups is 1. The Hall–Kier alpha value is -1.93. The summed E-state index contributed by atoms with van der Waals surface area (Å²) in [4.78, 5) is 18.4. The van der Waals surface area contributed by atoms with Gasteiger partial charge < -0.3 is 9.47 Å². The van der Waals surface area contributed by atoms with Crippen LogP contribution in [-0.4, -0.2) is 43.4 Å². The van der Waals surface area contributed by atoms with E-state index in [-0.39, 0.29) is 5.91 Å². The van der Waals surface area contributed by atoms with Crippen LogP contribution in [0.2, 0.25) is 0 Å². The van der Waals surface area contributed by atoms with Crippen molar-refractivity contribution in [1.82, 2.24) is 24.6 Å². The number of thioether (sulfide) groups is 1. The van der Waals surface area contributed by atoms with Crippen LogP contribution >= 0.6 is 23.1 Å². The van der Waals surface area contributed by atoms with Gasteiger partial charge in [-0.3, -0.25) is 4.79 Å². The van der Waals surface area contributed by atoms with E-state index in [1.807, 2.05) is 31.3 Å². The molecule has 3 aromatic rings. The molecule has 0 fully saturated rings. The molecule has 1 amide bonds. The summed E-state index contributed by atoms with van der Waals surface area (Å²) in [5, 5.41) is 9.43. The highest BCUT2D eigenvalue weighted by atomic mass is 32.2. The van der Waals surface area contributed by atoms with Gasteiger partial charge in [-0.25, -0.2) is 4.98 Å². The molecule has 114 valence electrons. The molecule has 0 saturated heterocycles. The maximum Gasteiger partial charge on any atom is 0.233 e. The van der Waals surface area contributed by atoms with Crippen molar-refractivity contribution >= 4 is 39.2 Å². The quantitative estimate of drug-likeness (QED) is 0.670. The topological polar surface area (TPSA) is 63.9 Å². The molecule has 0 radical (unpaired) electrons. The van der Waals surface area contributed by atoms with Crippen LogP contribution in [0.1, 0.15) is 5.01 Å².